The van der Waals surface area contributed by atoms with Crippen molar-refractivity contribution in [2.45, 2.75) is 50.0 Å². The van der Waals surface area contributed by atoms with Gasteiger partial charge in [-0.25, -0.2) is 4.79 Å². The van der Waals surface area contributed by atoms with E-state index in [9.17, 15) is 4.79 Å². The lowest BCUT2D eigenvalue weighted by Gasteiger charge is -2.30. The minimum Gasteiger partial charge on any atom is -0.458 e. The highest BCUT2D eigenvalue weighted by Crippen LogP contribution is 2.33. The van der Waals surface area contributed by atoms with Crippen molar-refractivity contribution < 1.29 is 9.53 Å². The molecule has 4 heteroatoms. The molecule has 2 aliphatic rings. The van der Waals surface area contributed by atoms with Gasteiger partial charge < -0.3 is 10.1 Å². The molecule has 130 valence electrons. The van der Waals surface area contributed by atoms with E-state index in [0.717, 1.165) is 67.0 Å². The number of rotatable bonds is 6. The van der Waals surface area contributed by atoms with E-state index in [1.54, 1.807) is 11.8 Å². The van der Waals surface area contributed by atoms with Crippen molar-refractivity contribution in [3.05, 3.63) is 35.4 Å². The van der Waals surface area contributed by atoms with E-state index in [0.29, 0.717) is 5.92 Å². The molecule has 0 saturated carbocycles. The predicted octanol–water partition coefficient (Wildman–Crippen LogP) is 4.52. The van der Waals surface area contributed by atoms with E-state index in [-0.39, 0.29) is 12.1 Å². The maximum absolute atomic E-state index is 12.9. The topological polar surface area (TPSA) is 38.3 Å². The molecule has 0 spiro atoms. The standard InChI is InChI=1S/C20H27NO2S/c1-2-3-9-18(15-10-12-21-13-11-15)23-20(22)17-8-4-6-16-7-5-14-24-19(16)17/h4-8,15,18,21H,2-3,9-14H2,1H3. The number of nitrogens with one attached hydrogen (secondary N) is 1. The fourth-order valence-electron chi connectivity index (χ4n) is 3.53. The number of carbonyl (C=O) groups is 1. The second-order valence-corrected chi connectivity index (χ2v) is 7.64. The van der Waals surface area contributed by atoms with Crippen molar-refractivity contribution in [2.24, 2.45) is 5.92 Å². The second-order valence-electron chi connectivity index (χ2n) is 6.61. The maximum atomic E-state index is 12.9. The zero-order valence-electron chi connectivity index (χ0n) is 14.4. The molecule has 2 heterocycles. The van der Waals surface area contributed by atoms with Crippen LogP contribution in [0.4, 0.5) is 0 Å². The van der Waals surface area contributed by atoms with Crippen LogP contribution in [0, 0.1) is 5.92 Å². The predicted molar refractivity (Wildman–Crippen MR) is 101 cm³/mol. The number of fused-ring (bicyclic) bond motifs is 1. The summed E-state index contributed by atoms with van der Waals surface area (Å²) in [5.41, 5.74) is 1.87. The summed E-state index contributed by atoms with van der Waals surface area (Å²) >= 11 is 1.73. The molecule has 0 aromatic heterocycles. The number of hydrogen-bond donors (Lipinski definition) is 1. The molecule has 0 bridgehead atoms. The SMILES string of the molecule is CCCCC(OC(=O)c1cccc2c1SCC=C2)C1CCNCC1. The normalized spacial score (nSPS) is 18.9. The summed E-state index contributed by atoms with van der Waals surface area (Å²) in [4.78, 5) is 13.9. The van der Waals surface area contributed by atoms with Gasteiger partial charge in [0.05, 0.1) is 5.56 Å². The molecule has 2 aliphatic heterocycles. The number of hydrogen-bond acceptors (Lipinski definition) is 4. The van der Waals surface area contributed by atoms with Crippen LogP contribution >= 0.6 is 11.8 Å². The zero-order chi connectivity index (χ0) is 16.8. The van der Waals surface area contributed by atoms with Crippen LogP contribution < -0.4 is 5.32 Å². The fraction of sp³-hybridized carbons (Fsp3) is 0.550. The van der Waals surface area contributed by atoms with Crippen LogP contribution in [0.3, 0.4) is 0 Å². The summed E-state index contributed by atoms with van der Waals surface area (Å²) in [6.07, 6.45) is 9.74. The van der Waals surface area contributed by atoms with E-state index in [4.69, 9.17) is 4.74 Å². The van der Waals surface area contributed by atoms with Crippen molar-refractivity contribution in [1.29, 1.82) is 0 Å². The minimum absolute atomic E-state index is 0.0551. The largest absolute Gasteiger partial charge is 0.458 e. The highest BCUT2D eigenvalue weighted by molar-refractivity contribution is 7.99. The quantitative estimate of drug-likeness (QED) is 0.769. The molecule has 1 N–H and O–H groups in total. The average molecular weight is 346 g/mol. The maximum Gasteiger partial charge on any atom is 0.339 e. The van der Waals surface area contributed by atoms with Gasteiger partial charge in [-0.05, 0) is 49.9 Å². The van der Waals surface area contributed by atoms with Crippen LogP contribution in [0.1, 0.15) is 54.9 Å². The lowest BCUT2D eigenvalue weighted by molar-refractivity contribution is 0.00493. The van der Waals surface area contributed by atoms with E-state index in [2.05, 4.69) is 30.5 Å². The van der Waals surface area contributed by atoms with Crippen molar-refractivity contribution in [2.75, 3.05) is 18.8 Å². The molecule has 24 heavy (non-hydrogen) atoms. The molecule has 1 aromatic carbocycles. The summed E-state index contributed by atoms with van der Waals surface area (Å²) < 4.78 is 6.04. The Morgan fingerprint density at radius 1 is 1.38 bits per heavy atom. The Morgan fingerprint density at radius 3 is 3.00 bits per heavy atom. The molecule has 1 atom stereocenters. The first-order chi connectivity index (χ1) is 11.8. The fourth-order valence-corrected chi connectivity index (χ4v) is 4.50. The Kier molecular flexibility index (Phi) is 6.38. The molecular weight excluding hydrogens is 318 g/mol. The molecule has 1 saturated heterocycles. The van der Waals surface area contributed by atoms with Gasteiger partial charge in [-0.15, -0.1) is 11.8 Å². The van der Waals surface area contributed by atoms with E-state index >= 15 is 0 Å². The average Bonchev–Trinajstić information content (AvgIpc) is 2.65. The molecule has 3 rings (SSSR count). The number of unbranched alkanes of at least 4 members (excludes halogenated alkanes) is 1. The van der Waals surface area contributed by atoms with Crippen LogP contribution in [0.25, 0.3) is 6.08 Å². The summed E-state index contributed by atoms with van der Waals surface area (Å²) in [6.45, 7) is 4.26. The van der Waals surface area contributed by atoms with Crippen molar-refractivity contribution in [3.8, 4) is 0 Å². The smallest absolute Gasteiger partial charge is 0.339 e. The zero-order valence-corrected chi connectivity index (χ0v) is 15.2. The Labute approximate surface area is 149 Å². The number of benzene rings is 1. The lowest BCUT2D eigenvalue weighted by Crippen LogP contribution is -2.36. The van der Waals surface area contributed by atoms with Gasteiger partial charge in [-0.1, -0.05) is 44.1 Å². The van der Waals surface area contributed by atoms with Gasteiger partial charge in [0.2, 0.25) is 0 Å². The van der Waals surface area contributed by atoms with Gasteiger partial charge in [0, 0.05) is 10.6 Å². The minimum atomic E-state index is -0.144. The molecule has 1 aromatic rings. The summed E-state index contributed by atoms with van der Waals surface area (Å²) in [5, 5.41) is 3.40. The Balaban J connectivity index is 1.74. The Bertz CT molecular complexity index is 593. The summed E-state index contributed by atoms with van der Waals surface area (Å²) in [7, 11) is 0. The summed E-state index contributed by atoms with van der Waals surface area (Å²) in [6, 6.07) is 5.93. The van der Waals surface area contributed by atoms with Gasteiger partial charge in [-0.3, -0.25) is 0 Å². The third kappa shape index (κ3) is 4.22. The molecule has 1 fully saturated rings. The Morgan fingerprint density at radius 2 is 2.21 bits per heavy atom. The number of ether oxygens (including phenoxy) is 1. The van der Waals surface area contributed by atoms with Crippen LogP contribution in [0.15, 0.2) is 29.2 Å². The number of esters is 1. The third-order valence-corrected chi connectivity index (χ3v) is 6.00. The van der Waals surface area contributed by atoms with Crippen molar-refractivity contribution in [3.63, 3.8) is 0 Å². The lowest BCUT2D eigenvalue weighted by atomic mass is 9.89. The highest BCUT2D eigenvalue weighted by atomic mass is 32.2. The van der Waals surface area contributed by atoms with E-state index < -0.39 is 0 Å². The van der Waals surface area contributed by atoms with Gasteiger partial charge >= 0.3 is 5.97 Å². The van der Waals surface area contributed by atoms with Crippen molar-refractivity contribution >= 4 is 23.8 Å². The van der Waals surface area contributed by atoms with Crippen LogP contribution in [0.5, 0.6) is 0 Å². The highest BCUT2D eigenvalue weighted by Gasteiger charge is 2.28. The van der Waals surface area contributed by atoms with Crippen LogP contribution in [-0.4, -0.2) is 30.9 Å². The van der Waals surface area contributed by atoms with Gasteiger partial charge in [0.15, 0.2) is 0 Å². The van der Waals surface area contributed by atoms with Crippen molar-refractivity contribution in [1.82, 2.24) is 5.32 Å². The molecule has 0 radical (unpaired) electrons. The van der Waals surface area contributed by atoms with E-state index in [1.165, 1.54) is 0 Å². The summed E-state index contributed by atoms with van der Waals surface area (Å²) in [5.74, 6) is 1.27. The molecule has 1 unspecified atom stereocenters. The second kappa shape index (κ2) is 8.72. The first kappa shape index (κ1) is 17.6. The Hall–Kier alpha value is -1.26. The molecular formula is C20H27NO2S. The number of thioether (sulfide) groups is 1. The van der Waals surface area contributed by atoms with E-state index in [1.807, 2.05) is 12.1 Å². The van der Waals surface area contributed by atoms with Gasteiger partial charge in [-0.2, -0.15) is 0 Å². The monoisotopic (exact) mass is 345 g/mol. The first-order valence-corrected chi connectivity index (χ1v) is 10.1. The molecule has 0 amide bonds. The number of carbonyl (C=O) groups excluding carboxylic acids is 1. The number of piperidine rings is 1. The molecule has 0 aliphatic carbocycles. The van der Waals surface area contributed by atoms with Gasteiger partial charge in [0.1, 0.15) is 6.10 Å². The van der Waals surface area contributed by atoms with Gasteiger partial charge in [0.25, 0.3) is 0 Å². The third-order valence-electron chi connectivity index (χ3n) is 4.90. The van der Waals surface area contributed by atoms with Crippen LogP contribution in [0.2, 0.25) is 0 Å². The van der Waals surface area contributed by atoms with Crippen LogP contribution in [-0.2, 0) is 4.74 Å². The molecule has 3 nitrogen and oxygen atoms in total. The first-order valence-electron chi connectivity index (χ1n) is 9.13.